The lowest BCUT2D eigenvalue weighted by atomic mass is 9.54. The summed E-state index contributed by atoms with van der Waals surface area (Å²) in [6, 6.07) is 0.906. The van der Waals surface area contributed by atoms with Gasteiger partial charge < -0.3 is 5.32 Å². The van der Waals surface area contributed by atoms with Gasteiger partial charge in [-0.2, -0.15) is 11.8 Å². The van der Waals surface area contributed by atoms with Crippen molar-refractivity contribution in [3.8, 4) is 0 Å². The summed E-state index contributed by atoms with van der Waals surface area (Å²) < 4.78 is 0. The molecular weight excluding hydrogens is 226 g/mol. The molecule has 0 amide bonds. The van der Waals surface area contributed by atoms with Crippen molar-refractivity contribution < 1.29 is 0 Å². The number of nitrogens with one attached hydrogen (secondary N) is 1. The summed E-state index contributed by atoms with van der Waals surface area (Å²) in [5, 5.41) is 4.92. The molecule has 4 aliphatic carbocycles. The lowest BCUT2D eigenvalue weighted by Gasteiger charge is -2.54. The summed E-state index contributed by atoms with van der Waals surface area (Å²) in [5.41, 5.74) is 0. The summed E-state index contributed by atoms with van der Waals surface area (Å²) in [7, 11) is 0. The highest BCUT2D eigenvalue weighted by atomic mass is 32.2. The Kier molecular flexibility index (Phi) is 2.92. The second-order valence-corrected chi connectivity index (χ2v) is 8.41. The molecule has 0 spiro atoms. The normalized spacial score (nSPS) is 52.2. The molecule has 17 heavy (non-hydrogen) atoms. The van der Waals surface area contributed by atoms with Crippen molar-refractivity contribution in [3.63, 3.8) is 0 Å². The van der Waals surface area contributed by atoms with Crippen LogP contribution >= 0.6 is 11.8 Å². The van der Waals surface area contributed by atoms with E-state index >= 15 is 0 Å². The van der Waals surface area contributed by atoms with Gasteiger partial charge in [-0.1, -0.05) is 0 Å². The molecule has 0 aromatic rings. The number of hydrogen-bond acceptors (Lipinski definition) is 2. The van der Waals surface area contributed by atoms with Crippen molar-refractivity contribution >= 4 is 11.8 Å². The minimum atomic E-state index is 0.906. The van der Waals surface area contributed by atoms with Crippen LogP contribution in [0.1, 0.15) is 44.9 Å². The molecule has 1 heterocycles. The molecule has 1 atom stereocenters. The van der Waals surface area contributed by atoms with E-state index in [1.807, 2.05) is 0 Å². The third-order valence-electron chi connectivity index (χ3n) is 5.83. The van der Waals surface area contributed by atoms with Crippen molar-refractivity contribution in [2.45, 2.75) is 56.2 Å². The zero-order valence-electron chi connectivity index (χ0n) is 10.7. The van der Waals surface area contributed by atoms with Crippen molar-refractivity contribution in [2.75, 3.05) is 12.3 Å². The van der Waals surface area contributed by atoms with Gasteiger partial charge in [0, 0.05) is 17.8 Å². The fraction of sp³-hybridized carbons (Fsp3) is 1.00. The lowest BCUT2D eigenvalue weighted by Crippen LogP contribution is -2.55. The van der Waals surface area contributed by atoms with Crippen LogP contribution in [-0.2, 0) is 0 Å². The highest BCUT2D eigenvalue weighted by molar-refractivity contribution is 8.00. The third kappa shape index (κ3) is 2.06. The lowest BCUT2D eigenvalue weighted by molar-refractivity contribution is -0.0134. The maximum absolute atomic E-state index is 3.99. The molecule has 0 radical (unpaired) electrons. The monoisotopic (exact) mass is 251 g/mol. The van der Waals surface area contributed by atoms with Crippen LogP contribution in [-0.4, -0.2) is 23.6 Å². The summed E-state index contributed by atoms with van der Waals surface area (Å²) in [6.07, 6.45) is 10.7. The number of hydrogen-bond donors (Lipinski definition) is 1. The van der Waals surface area contributed by atoms with E-state index in [9.17, 15) is 0 Å². The highest BCUT2D eigenvalue weighted by Crippen LogP contribution is 2.53. The minimum Gasteiger partial charge on any atom is -0.312 e. The van der Waals surface area contributed by atoms with Crippen molar-refractivity contribution in [1.82, 2.24) is 5.32 Å². The van der Waals surface area contributed by atoms with Gasteiger partial charge >= 0.3 is 0 Å². The van der Waals surface area contributed by atoms with E-state index in [1.54, 1.807) is 32.1 Å². The van der Waals surface area contributed by atoms with Gasteiger partial charge in [0.15, 0.2) is 0 Å². The zero-order chi connectivity index (χ0) is 11.2. The molecule has 0 aromatic carbocycles. The van der Waals surface area contributed by atoms with Gasteiger partial charge in [0.25, 0.3) is 0 Å². The Bertz CT molecular complexity index is 257. The maximum atomic E-state index is 3.99. The average molecular weight is 251 g/mol. The SMILES string of the molecule is C1CSC(CNC2C3CC4CC(C3)CC2C4)C1. The van der Waals surface area contributed by atoms with Crippen LogP contribution in [0.15, 0.2) is 0 Å². The summed E-state index contributed by atoms with van der Waals surface area (Å²) in [4.78, 5) is 0. The Hall–Kier alpha value is 0.310. The largest absolute Gasteiger partial charge is 0.312 e. The number of thioether (sulfide) groups is 1. The number of rotatable bonds is 3. The fourth-order valence-corrected chi connectivity index (χ4v) is 6.55. The first-order valence-corrected chi connectivity index (χ1v) is 8.78. The Morgan fingerprint density at radius 1 is 0.941 bits per heavy atom. The Balaban J connectivity index is 1.37. The molecule has 5 fully saturated rings. The van der Waals surface area contributed by atoms with E-state index in [0.717, 1.165) is 35.0 Å². The molecule has 1 aliphatic heterocycles. The molecule has 0 aromatic heterocycles. The summed E-state index contributed by atoms with van der Waals surface area (Å²) >= 11 is 2.21. The molecule has 96 valence electrons. The predicted octanol–water partition coefficient (Wildman–Crippen LogP) is 3.30. The standard InChI is InChI=1S/C15H25NS/c1-2-14(17-3-1)9-16-15-12-5-10-4-11(7-12)8-13(15)6-10/h10-16H,1-9H2. The first-order valence-electron chi connectivity index (χ1n) is 7.73. The van der Waals surface area contributed by atoms with Gasteiger partial charge in [-0.25, -0.2) is 0 Å². The van der Waals surface area contributed by atoms with E-state index in [0.29, 0.717) is 0 Å². The van der Waals surface area contributed by atoms with Gasteiger partial charge in [0.05, 0.1) is 0 Å². The Morgan fingerprint density at radius 2 is 1.65 bits per heavy atom. The molecule has 5 aliphatic rings. The molecule has 1 unspecified atom stereocenters. The molecular formula is C15H25NS. The van der Waals surface area contributed by atoms with Crippen LogP contribution < -0.4 is 5.32 Å². The molecule has 5 rings (SSSR count). The third-order valence-corrected chi connectivity index (χ3v) is 7.23. The van der Waals surface area contributed by atoms with Crippen molar-refractivity contribution in [2.24, 2.45) is 23.7 Å². The average Bonchev–Trinajstić information content (AvgIpc) is 2.80. The first-order chi connectivity index (χ1) is 8.38. The maximum Gasteiger partial charge on any atom is 0.0172 e. The molecule has 1 nitrogen and oxygen atoms in total. The van der Waals surface area contributed by atoms with Crippen LogP contribution in [0.25, 0.3) is 0 Å². The van der Waals surface area contributed by atoms with Gasteiger partial charge in [0.1, 0.15) is 0 Å². The smallest absolute Gasteiger partial charge is 0.0172 e. The Morgan fingerprint density at radius 3 is 2.24 bits per heavy atom. The zero-order valence-corrected chi connectivity index (χ0v) is 11.6. The van der Waals surface area contributed by atoms with Crippen LogP contribution in [0.5, 0.6) is 0 Å². The van der Waals surface area contributed by atoms with E-state index in [2.05, 4.69) is 17.1 Å². The quantitative estimate of drug-likeness (QED) is 0.826. The van der Waals surface area contributed by atoms with Gasteiger partial charge in [-0.15, -0.1) is 0 Å². The summed E-state index contributed by atoms with van der Waals surface area (Å²) in [6.45, 7) is 1.30. The molecule has 1 N–H and O–H groups in total. The second kappa shape index (κ2) is 4.45. The van der Waals surface area contributed by atoms with Gasteiger partial charge in [-0.05, 0) is 74.4 Å². The van der Waals surface area contributed by atoms with Crippen molar-refractivity contribution in [3.05, 3.63) is 0 Å². The van der Waals surface area contributed by atoms with E-state index in [-0.39, 0.29) is 0 Å². The molecule has 2 heteroatoms. The first kappa shape index (κ1) is 11.2. The molecule has 4 saturated carbocycles. The highest BCUT2D eigenvalue weighted by Gasteiger charge is 2.47. The summed E-state index contributed by atoms with van der Waals surface area (Å²) in [5.74, 6) is 5.76. The van der Waals surface area contributed by atoms with E-state index < -0.39 is 0 Å². The predicted molar refractivity (Wildman–Crippen MR) is 74.3 cm³/mol. The van der Waals surface area contributed by atoms with Crippen LogP contribution in [0.3, 0.4) is 0 Å². The fourth-order valence-electron chi connectivity index (χ4n) is 5.33. The molecule has 4 bridgehead atoms. The van der Waals surface area contributed by atoms with Crippen LogP contribution in [0, 0.1) is 23.7 Å². The topological polar surface area (TPSA) is 12.0 Å². The second-order valence-electron chi connectivity index (χ2n) is 7.00. The van der Waals surface area contributed by atoms with E-state index in [1.165, 1.54) is 25.1 Å². The van der Waals surface area contributed by atoms with Crippen LogP contribution in [0.4, 0.5) is 0 Å². The Labute approximate surface area is 109 Å². The van der Waals surface area contributed by atoms with Gasteiger partial charge in [-0.3, -0.25) is 0 Å². The molecule has 1 saturated heterocycles. The van der Waals surface area contributed by atoms with E-state index in [4.69, 9.17) is 0 Å². The van der Waals surface area contributed by atoms with Crippen LogP contribution in [0.2, 0.25) is 0 Å². The minimum absolute atomic E-state index is 0.906. The van der Waals surface area contributed by atoms with Crippen molar-refractivity contribution in [1.29, 1.82) is 0 Å². The van der Waals surface area contributed by atoms with Gasteiger partial charge in [0.2, 0.25) is 0 Å².